The molecule has 1 unspecified atom stereocenters. The van der Waals surface area contributed by atoms with Gasteiger partial charge in [-0.3, -0.25) is 0 Å². The zero-order valence-electron chi connectivity index (χ0n) is 22.0. The maximum Gasteiger partial charge on any atom is 0.178 e. The van der Waals surface area contributed by atoms with Crippen molar-refractivity contribution in [3.05, 3.63) is 102 Å². The highest BCUT2D eigenvalue weighted by molar-refractivity contribution is 5.89. The van der Waals surface area contributed by atoms with E-state index in [1.807, 2.05) is 6.08 Å². The summed E-state index contributed by atoms with van der Waals surface area (Å²) in [4.78, 5) is 15.6. The van der Waals surface area contributed by atoms with Crippen LogP contribution >= 0.6 is 0 Å². The van der Waals surface area contributed by atoms with Crippen LogP contribution in [-0.4, -0.2) is 16.1 Å². The minimum Gasteiger partial charge on any atom is -0.301 e. The lowest BCUT2D eigenvalue weighted by atomic mass is 9.83. The first-order valence-corrected chi connectivity index (χ1v) is 13.2. The molecule has 0 radical (unpaired) electrons. The van der Waals surface area contributed by atoms with E-state index in [4.69, 9.17) is 9.97 Å². The maximum absolute atomic E-state index is 5.42. The van der Waals surface area contributed by atoms with E-state index >= 15 is 0 Å². The molecule has 0 amide bonds. The van der Waals surface area contributed by atoms with Crippen molar-refractivity contribution in [1.29, 1.82) is 0 Å². The molecule has 4 heteroatoms. The number of hydrogen-bond donors (Lipinski definition) is 0. The molecule has 0 bridgehead atoms. The molecule has 4 nitrogen and oxygen atoms in total. The molecule has 0 N–H and O–H groups in total. The number of rotatable bonds is 3. The average Bonchev–Trinajstić information content (AvgIpc) is 3.46. The standard InChI is InChI=1S/C33H32N4/c1-6-21-12-10-11-15-25(21)22-16-17-26-23(18-22)19-27-36(24-13-8-7-9-14-24)30-31(37(26)27)35-29-28(34-30)32(2,3)20-33(29,4)5/h6-18,27H,1,19-20H2,2-5H3. The number of hydrogen-bond acceptors (Lipinski definition) is 4. The molecular formula is C33H32N4. The Morgan fingerprint density at radius 3 is 2.16 bits per heavy atom. The summed E-state index contributed by atoms with van der Waals surface area (Å²) >= 11 is 0. The van der Waals surface area contributed by atoms with Crippen LogP contribution in [0.1, 0.15) is 56.6 Å². The summed E-state index contributed by atoms with van der Waals surface area (Å²) in [6.45, 7) is 13.3. The Morgan fingerprint density at radius 1 is 0.811 bits per heavy atom. The Bertz CT molecular complexity index is 1570. The van der Waals surface area contributed by atoms with Gasteiger partial charge in [-0.1, -0.05) is 88.9 Å². The zero-order valence-corrected chi connectivity index (χ0v) is 22.0. The van der Waals surface area contributed by atoms with Gasteiger partial charge in [-0.2, -0.15) is 0 Å². The van der Waals surface area contributed by atoms with E-state index in [1.165, 1.54) is 22.4 Å². The molecular weight excluding hydrogens is 452 g/mol. The highest BCUT2D eigenvalue weighted by atomic mass is 15.5. The van der Waals surface area contributed by atoms with Crippen molar-refractivity contribution in [2.24, 2.45) is 0 Å². The van der Waals surface area contributed by atoms with Crippen molar-refractivity contribution in [3.8, 4) is 11.1 Å². The molecule has 0 spiro atoms. The summed E-state index contributed by atoms with van der Waals surface area (Å²) < 4.78 is 0. The average molecular weight is 485 g/mol. The van der Waals surface area contributed by atoms with Crippen LogP contribution in [0, 0.1) is 0 Å². The summed E-state index contributed by atoms with van der Waals surface area (Å²) in [5.74, 6) is 1.96. The Morgan fingerprint density at radius 2 is 1.46 bits per heavy atom. The largest absolute Gasteiger partial charge is 0.301 e. The normalized spacial score (nSPS) is 19.8. The molecule has 2 aliphatic heterocycles. The second-order valence-corrected chi connectivity index (χ2v) is 11.9. The number of para-hydroxylation sites is 1. The maximum atomic E-state index is 5.42. The molecule has 1 atom stereocenters. The highest BCUT2D eigenvalue weighted by Crippen LogP contribution is 2.55. The smallest absolute Gasteiger partial charge is 0.178 e. The topological polar surface area (TPSA) is 32.3 Å². The van der Waals surface area contributed by atoms with Gasteiger partial charge in [0.1, 0.15) is 6.17 Å². The number of anilines is 4. The second-order valence-electron chi connectivity index (χ2n) is 11.9. The SMILES string of the molecule is C=Cc1ccccc1-c1ccc2c(c1)CC1N(c3ccccc3)c3nc4c(nc3N21)C(C)(C)CC4(C)C. The first-order chi connectivity index (χ1) is 17.8. The van der Waals surface area contributed by atoms with Gasteiger partial charge in [-0.15, -0.1) is 0 Å². The number of fused-ring (bicyclic) bond motifs is 6. The molecule has 0 saturated heterocycles. The molecule has 184 valence electrons. The summed E-state index contributed by atoms with van der Waals surface area (Å²) in [6.07, 6.45) is 4.01. The van der Waals surface area contributed by atoms with Gasteiger partial charge < -0.3 is 9.80 Å². The molecule has 3 aromatic carbocycles. The van der Waals surface area contributed by atoms with Gasteiger partial charge in [0.25, 0.3) is 0 Å². The molecule has 1 aliphatic carbocycles. The molecule has 37 heavy (non-hydrogen) atoms. The number of benzene rings is 3. The minimum absolute atomic E-state index is 0.00159. The second kappa shape index (κ2) is 7.55. The lowest BCUT2D eigenvalue weighted by Gasteiger charge is -2.27. The van der Waals surface area contributed by atoms with Crippen molar-refractivity contribution in [2.75, 3.05) is 9.80 Å². The van der Waals surface area contributed by atoms with Gasteiger partial charge in [0.15, 0.2) is 11.6 Å². The van der Waals surface area contributed by atoms with Crippen molar-refractivity contribution in [2.45, 2.75) is 57.5 Å². The van der Waals surface area contributed by atoms with Crippen molar-refractivity contribution in [3.63, 3.8) is 0 Å². The van der Waals surface area contributed by atoms with Crippen LogP contribution in [0.3, 0.4) is 0 Å². The predicted octanol–water partition coefficient (Wildman–Crippen LogP) is 7.92. The van der Waals surface area contributed by atoms with E-state index in [1.54, 1.807) is 0 Å². The van der Waals surface area contributed by atoms with E-state index in [0.717, 1.165) is 47.1 Å². The lowest BCUT2D eigenvalue weighted by molar-refractivity contribution is 0.396. The summed E-state index contributed by atoms with van der Waals surface area (Å²) in [5, 5.41) is 0. The van der Waals surface area contributed by atoms with Crippen molar-refractivity contribution >= 4 is 29.1 Å². The van der Waals surface area contributed by atoms with Crippen molar-refractivity contribution < 1.29 is 0 Å². The van der Waals surface area contributed by atoms with E-state index in [9.17, 15) is 0 Å². The summed E-state index contributed by atoms with van der Waals surface area (Å²) in [5.41, 5.74) is 9.63. The molecule has 4 aromatic rings. The quantitative estimate of drug-likeness (QED) is 0.296. The summed E-state index contributed by atoms with van der Waals surface area (Å²) in [7, 11) is 0. The van der Waals surface area contributed by atoms with Crippen LogP contribution < -0.4 is 9.80 Å². The van der Waals surface area contributed by atoms with Crippen LogP contribution in [0.4, 0.5) is 23.0 Å². The fourth-order valence-electron chi connectivity index (χ4n) is 6.98. The van der Waals surface area contributed by atoms with Gasteiger partial charge >= 0.3 is 0 Å². The monoisotopic (exact) mass is 484 g/mol. The van der Waals surface area contributed by atoms with E-state index < -0.39 is 0 Å². The first kappa shape index (κ1) is 22.3. The van der Waals surface area contributed by atoms with Gasteiger partial charge in [0.2, 0.25) is 0 Å². The highest BCUT2D eigenvalue weighted by Gasteiger charge is 2.50. The van der Waals surface area contributed by atoms with E-state index in [-0.39, 0.29) is 17.0 Å². The predicted molar refractivity (Wildman–Crippen MR) is 153 cm³/mol. The van der Waals surface area contributed by atoms with Crippen LogP contribution in [0.2, 0.25) is 0 Å². The Hall–Kier alpha value is -3.92. The van der Waals surface area contributed by atoms with Gasteiger partial charge in [0.05, 0.1) is 11.4 Å². The molecule has 1 aromatic heterocycles. The van der Waals surface area contributed by atoms with Crippen LogP contribution in [-0.2, 0) is 17.3 Å². The Labute approximate surface area is 219 Å². The van der Waals surface area contributed by atoms with Crippen molar-refractivity contribution in [1.82, 2.24) is 9.97 Å². The molecule has 3 aliphatic rings. The van der Waals surface area contributed by atoms with Gasteiger partial charge in [-0.25, -0.2) is 9.97 Å². The molecule has 0 fully saturated rings. The first-order valence-electron chi connectivity index (χ1n) is 13.2. The van der Waals surface area contributed by atoms with E-state index in [0.29, 0.717) is 0 Å². The third-order valence-corrected chi connectivity index (χ3v) is 8.35. The fraction of sp³-hybridized carbons (Fsp3) is 0.273. The Balaban J connectivity index is 1.42. The Kier molecular flexibility index (Phi) is 4.55. The third kappa shape index (κ3) is 3.14. The molecule has 0 saturated carbocycles. The number of aromatic nitrogens is 2. The summed E-state index contributed by atoms with van der Waals surface area (Å²) in [6, 6.07) is 26.0. The number of nitrogens with zero attached hydrogens (tertiary/aromatic N) is 4. The lowest BCUT2D eigenvalue weighted by Crippen LogP contribution is -2.36. The van der Waals surface area contributed by atoms with Crippen LogP contribution in [0.25, 0.3) is 17.2 Å². The zero-order chi connectivity index (χ0) is 25.5. The van der Waals surface area contributed by atoms with Crippen LogP contribution in [0.5, 0.6) is 0 Å². The molecule has 3 heterocycles. The minimum atomic E-state index is -0.00264. The van der Waals surface area contributed by atoms with Crippen LogP contribution in [0.15, 0.2) is 79.4 Å². The van der Waals surface area contributed by atoms with Gasteiger partial charge in [0, 0.05) is 28.6 Å². The van der Waals surface area contributed by atoms with E-state index in [2.05, 4.69) is 117 Å². The van der Waals surface area contributed by atoms with Gasteiger partial charge in [-0.05, 0) is 52.9 Å². The molecule has 7 rings (SSSR count). The third-order valence-electron chi connectivity index (χ3n) is 8.35. The fourth-order valence-corrected chi connectivity index (χ4v) is 6.98.